The minimum absolute atomic E-state index is 0.0452. The standard InChI is InChI=1S/C46H57ClN8O8/c1-26-21-35(54(24-26)43(56)38(51-45(58)60-3)32-13-17-62-18-14-32)41-48-23-34(49-41)30-9-5-28(6-10-30)29-7-11-31(12-8-29)37-40(47)53-42(50-37)36-22-27(2)25-55(36)44(57)39(52-46(59)61-4)33-15-19-63-20-16-33/h5-12,23,26-27,32-33,35-36,38-39H,13-22,24-25H2,1-4H3,(H,48,49)(H,50,53)(H,51,58)(H,52,59). The lowest BCUT2D eigenvalue weighted by Crippen LogP contribution is -2.53. The molecule has 63 heavy (non-hydrogen) atoms. The molecule has 0 radical (unpaired) electrons. The first kappa shape index (κ1) is 44.2. The number of nitrogens with zero attached hydrogens (tertiary/aromatic N) is 4. The fraction of sp³-hybridized carbons (Fsp3) is 0.522. The van der Waals surface area contributed by atoms with Gasteiger partial charge in [-0.3, -0.25) is 9.59 Å². The largest absolute Gasteiger partial charge is 0.453 e. The maximum absolute atomic E-state index is 14.2. The molecule has 4 aliphatic rings. The van der Waals surface area contributed by atoms with Gasteiger partial charge in [-0.2, -0.15) is 0 Å². The molecular weight excluding hydrogens is 828 g/mol. The van der Waals surface area contributed by atoms with Gasteiger partial charge in [-0.15, -0.1) is 0 Å². The van der Waals surface area contributed by atoms with E-state index in [0.29, 0.717) is 94.1 Å². The number of hydrogen-bond donors (Lipinski definition) is 4. The zero-order chi connectivity index (χ0) is 44.2. The number of benzene rings is 2. The van der Waals surface area contributed by atoms with Crippen molar-refractivity contribution < 1.29 is 38.1 Å². The van der Waals surface area contributed by atoms with Crippen molar-refractivity contribution >= 4 is 35.6 Å². The molecule has 6 heterocycles. The summed E-state index contributed by atoms with van der Waals surface area (Å²) >= 11 is 6.81. The third kappa shape index (κ3) is 9.72. The molecule has 2 aromatic heterocycles. The van der Waals surface area contributed by atoms with E-state index in [-0.39, 0.29) is 47.6 Å². The van der Waals surface area contributed by atoms with Crippen LogP contribution in [0, 0.1) is 23.7 Å². The summed E-state index contributed by atoms with van der Waals surface area (Å²) in [5, 5.41) is 6.02. The Labute approximate surface area is 372 Å². The van der Waals surface area contributed by atoms with E-state index in [2.05, 4.69) is 46.6 Å². The number of amides is 4. The van der Waals surface area contributed by atoms with Gasteiger partial charge >= 0.3 is 12.2 Å². The second-order valence-electron chi connectivity index (χ2n) is 17.4. The third-order valence-corrected chi connectivity index (χ3v) is 13.4. The fourth-order valence-corrected chi connectivity index (χ4v) is 9.97. The number of alkyl carbamates (subject to hydrolysis) is 2. The lowest BCUT2D eigenvalue weighted by molar-refractivity contribution is -0.137. The SMILES string of the molecule is COC(=O)NC(C(=O)N1CC(C)CC1c1ncc(-c2ccc(-c3ccc(-c4nc(C5CC(C)CN5C(=O)C(NC(=O)OC)C5CCOCC5)[nH]c4Cl)cc3)cc2)[nH]1)C1CCOCC1. The Bertz CT molecular complexity index is 2240. The zero-order valence-corrected chi connectivity index (χ0v) is 37.0. The van der Waals surface area contributed by atoms with Gasteiger partial charge in [-0.25, -0.2) is 19.6 Å². The van der Waals surface area contributed by atoms with Gasteiger partial charge < -0.3 is 49.3 Å². The van der Waals surface area contributed by atoms with Gasteiger partial charge in [0.25, 0.3) is 0 Å². The molecule has 6 atom stereocenters. The Morgan fingerprint density at radius 1 is 0.683 bits per heavy atom. The molecule has 0 bridgehead atoms. The second kappa shape index (κ2) is 19.5. The van der Waals surface area contributed by atoms with Crippen molar-refractivity contribution in [3.63, 3.8) is 0 Å². The van der Waals surface area contributed by atoms with Crippen LogP contribution in [0.25, 0.3) is 33.6 Å². The average Bonchev–Trinajstić information content (AvgIpc) is 4.13. The summed E-state index contributed by atoms with van der Waals surface area (Å²) in [5.74, 6) is 1.39. The molecule has 17 heteroatoms. The Hall–Kier alpha value is -5.45. The van der Waals surface area contributed by atoms with E-state index in [0.717, 1.165) is 34.4 Å². The zero-order valence-electron chi connectivity index (χ0n) is 36.2. The monoisotopic (exact) mass is 884 g/mol. The number of hydrogen-bond acceptors (Lipinski definition) is 10. The molecule has 4 aliphatic heterocycles. The summed E-state index contributed by atoms with van der Waals surface area (Å²) in [6, 6.07) is 14.2. The molecule has 4 fully saturated rings. The molecule has 0 saturated carbocycles. The van der Waals surface area contributed by atoms with Crippen molar-refractivity contribution in [3.8, 4) is 33.6 Å². The van der Waals surface area contributed by atoms with Gasteiger partial charge in [0.2, 0.25) is 11.8 Å². The Kier molecular flexibility index (Phi) is 13.7. The van der Waals surface area contributed by atoms with E-state index in [1.807, 2.05) is 46.2 Å². The summed E-state index contributed by atoms with van der Waals surface area (Å²) in [6.45, 7) is 7.50. The first-order valence-corrected chi connectivity index (χ1v) is 22.4. The van der Waals surface area contributed by atoms with Gasteiger partial charge in [0.05, 0.1) is 38.2 Å². The highest BCUT2D eigenvalue weighted by molar-refractivity contribution is 6.31. The Balaban J connectivity index is 0.945. The maximum atomic E-state index is 14.2. The number of nitrogens with one attached hydrogen (secondary N) is 4. The Morgan fingerprint density at radius 2 is 1.13 bits per heavy atom. The summed E-state index contributed by atoms with van der Waals surface area (Å²) in [7, 11) is 2.60. The van der Waals surface area contributed by atoms with Crippen molar-refractivity contribution in [3.05, 3.63) is 71.5 Å². The number of methoxy groups -OCH3 is 2. The molecule has 16 nitrogen and oxygen atoms in total. The number of aromatic nitrogens is 4. The number of carbonyl (C=O) groups excluding carboxylic acids is 4. The van der Waals surface area contributed by atoms with Crippen molar-refractivity contribution in [1.82, 2.24) is 40.4 Å². The molecule has 0 spiro atoms. The van der Waals surface area contributed by atoms with Gasteiger partial charge in [0, 0.05) is 45.1 Å². The summed E-state index contributed by atoms with van der Waals surface area (Å²) in [4.78, 5) is 73.1. The van der Waals surface area contributed by atoms with Crippen LogP contribution in [0.2, 0.25) is 5.15 Å². The predicted molar refractivity (Wildman–Crippen MR) is 234 cm³/mol. The van der Waals surface area contributed by atoms with Gasteiger partial charge in [0.1, 0.15) is 34.6 Å². The van der Waals surface area contributed by atoms with Gasteiger partial charge in [-0.1, -0.05) is 74.0 Å². The minimum atomic E-state index is -0.735. The van der Waals surface area contributed by atoms with Crippen molar-refractivity contribution in [2.45, 2.75) is 76.5 Å². The second-order valence-corrected chi connectivity index (χ2v) is 17.8. The summed E-state index contributed by atoms with van der Waals surface area (Å²) < 4.78 is 20.8. The van der Waals surface area contributed by atoms with Crippen LogP contribution in [0.4, 0.5) is 9.59 Å². The van der Waals surface area contributed by atoms with Crippen LogP contribution in [-0.4, -0.2) is 120 Å². The highest BCUT2D eigenvalue weighted by Crippen LogP contribution is 2.40. The summed E-state index contributed by atoms with van der Waals surface area (Å²) in [6.07, 6.45) is 4.70. The first-order chi connectivity index (χ1) is 30.5. The van der Waals surface area contributed by atoms with Crippen LogP contribution in [0.3, 0.4) is 0 Å². The number of likely N-dealkylation sites (tertiary alicyclic amines) is 2. The van der Waals surface area contributed by atoms with Gasteiger partial charge in [-0.05, 0) is 78.9 Å². The molecular formula is C46H57ClN8O8. The number of rotatable bonds is 11. The van der Waals surface area contributed by atoms with E-state index < -0.39 is 24.3 Å². The lowest BCUT2D eigenvalue weighted by Gasteiger charge is -2.34. The number of ether oxygens (including phenoxy) is 4. The molecule has 0 aliphatic carbocycles. The van der Waals surface area contributed by atoms with Crippen molar-refractivity contribution in [2.75, 3.05) is 53.7 Å². The van der Waals surface area contributed by atoms with Crippen LogP contribution >= 0.6 is 11.6 Å². The molecule has 4 N–H and O–H groups in total. The van der Waals surface area contributed by atoms with Crippen LogP contribution in [0.1, 0.15) is 76.1 Å². The molecule has 336 valence electrons. The summed E-state index contributed by atoms with van der Waals surface area (Å²) in [5.41, 5.74) is 5.25. The van der Waals surface area contributed by atoms with E-state index in [4.69, 9.17) is 40.5 Å². The smallest absolute Gasteiger partial charge is 0.407 e. The number of imidazole rings is 2. The van der Waals surface area contributed by atoms with Gasteiger partial charge in [0.15, 0.2) is 0 Å². The number of aromatic amines is 2. The normalized spacial score (nSPS) is 23.0. The average molecular weight is 885 g/mol. The van der Waals surface area contributed by atoms with Crippen LogP contribution in [0.5, 0.6) is 0 Å². The molecule has 6 unspecified atom stereocenters. The lowest BCUT2D eigenvalue weighted by atomic mass is 9.90. The third-order valence-electron chi connectivity index (χ3n) is 13.1. The van der Waals surface area contributed by atoms with Crippen molar-refractivity contribution in [1.29, 1.82) is 0 Å². The first-order valence-electron chi connectivity index (χ1n) is 22.0. The molecule has 4 saturated heterocycles. The van der Waals surface area contributed by atoms with E-state index >= 15 is 0 Å². The molecule has 4 amide bonds. The number of carbonyl (C=O) groups is 4. The predicted octanol–water partition coefficient (Wildman–Crippen LogP) is 6.91. The number of H-pyrrole nitrogens is 2. The minimum Gasteiger partial charge on any atom is -0.453 e. The highest BCUT2D eigenvalue weighted by Gasteiger charge is 2.44. The van der Waals surface area contributed by atoms with Crippen LogP contribution < -0.4 is 10.6 Å². The van der Waals surface area contributed by atoms with E-state index in [1.165, 1.54) is 14.2 Å². The number of halogens is 1. The molecule has 4 aromatic rings. The van der Waals surface area contributed by atoms with E-state index in [1.54, 1.807) is 6.20 Å². The van der Waals surface area contributed by atoms with E-state index in [9.17, 15) is 19.2 Å². The maximum Gasteiger partial charge on any atom is 0.407 e. The topological polar surface area (TPSA) is 193 Å². The fourth-order valence-electron chi connectivity index (χ4n) is 9.72. The molecule has 2 aromatic carbocycles. The molecule has 8 rings (SSSR count). The van der Waals surface area contributed by atoms with Crippen LogP contribution in [0.15, 0.2) is 54.7 Å². The highest BCUT2D eigenvalue weighted by atomic mass is 35.5. The Morgan fingerprint density at radius 3 is 1.60 bits per heavy atom. The van der Waals surface area contributed by atoms with Crippen LogP contribution in [-0.2, 0) is 28.5 Å². The quantitative estimate of drug-likeness (QED) is 0.123. The van der Waals surface area contributed by atoms with Crippen molar-refractivity contribution in [2.24, 2.45) is 23.7 Å².